The quantitative estimate of drug-likeness (QED) is 0.133. The molecule has 68 heavy (non-hydrogen) atoms. The van der Waals surface area contributed by atoms with E-state index >= 15 is 0 Å². The van der Waals surface area contributed by atoms with Crippen LogP contribution >= 0.6 is 0 Å². The summed E-state index contributed by atoms with van der Waals surface area (Å²) in [5.41, 5.74) is 21.1. The molecule has 0 atom stereocenters. The second-order valence-electron chi connectivity index (χ2n) is 17.3. The predicted octanol–water partition coefficient (Wildman–Crippen LogP) is 18.3. The maximum atomic E-state index is 2.41. The molecule has 0 bridgehead atoms. The molecule has 0 unspecified atom stereocenters. The third-order valence-electron chi connectivity index (χ3n) is 13.3. The Labute approximate surface area is 397 Å². The lowest BCUT2D eigenvalue weighted by Gasteiger charge is -2.29. The third-order valence-corrected chi connectivity index (χ3v) is 13.3. The second-order valence-corrected chi connectivity index (χ2v) is 17.3. The van der Waals surface area contributed by atoms with Crippen molar-refractivity contribution in [3.63, 3.8) is 0 Å². The first-order valence-electron chi connectivity index (χ1n) is 23.3. The largest absolute Gasteiger partial charge is 0.310 e. The van der Waals surface area contributed by atoms with Gasteiger partial charge in [-0.1, -0.05) is 218 Å². The van der Waals surface area contributed by atoms with Crippen LogP contribution < -0.4 is 4.90 Å². The Morgan fingerprint density at radius 3 is 1.22 bits per heavy atom. The Balaban J connectivity index is 0.968. The highest BCUT2D eigenvalue weighted by molar-refractivity contribution is 6.10. The standard InChI is InChI=1S/C66H46N2/c1-4-18-47(19-5-1)48-32-34-49(35-33-48)50-36-41-55(42-37-50)67(64-30-16-14-28-61(64)60-27-13-12-26-59(60)58-25-11-10-24-57(58)52-20-6-2-7-21-52)56-43-38-51(39-44-56)53-40-45-66-63(46-53)62-29-15-17-31-65(62)68(66)54-22-8-3-9-23-54/h1-46H. The van der Waals surface area contributed by atoms with Crippen LogP contribution in [0.2, 0.25) is 0 Å². The minimum absolute atomic E-state index is 1.07. The molecule has 0 fully saturated rings. The van der Waals surface area contributed by atoms with Crippen LogP contribution in [-0.2, 0) is 0 Å². The first kappa shape index (κ1) is 40.5. The normalized spacial score (nSPS) is 11.2. The van der Waals surface area contributed by atoms with Crippen molar-refractivity contribution in [3.05, 3.63) is 279 Å². The number of fused-ring (bicyclic) bond motifs is 3. The molecule has 320 valence electrons. The Morgan fingerprint density at radius 1 is 0.235 bits per heavy atom. The van der Waals surface area contributed by atoms with E-state index in [1.54, 1.807) is 0 Å². The number of para-hydroxylation sites is 3. The van der Waals surface area contributed by atoms with Crippen molar-refractivity contribution in [1.82, 2.24) is 4.57 Å². The zero-order valence-electron chi connectivity index (χ0n) is 37.5. The van der Waals surface area contributed by atoms with E-state index in [0.29, 0.717) is 0 Å². The van der Waals surface area contributed by atoms with E-state index in [4.69, 9.17) is 0 Å². The lowest BCUT2D eigenvalue weighted by Crippen LogP contribution is -2.11. The number of hydrogen-bond donors (Lipinski definition) is 0. The Hall–Kier alpha value is -8.98. The van der Waals surface area contributed by atoms with E-state index in [0.717, 1.165) is 33.9 Å². The van der Waals surface area contributed by atoms with E-state index in [2.05, 4.69) is 289 Å². The molecule has 2 nitrogen and oxygen atoms in total. The minimum Gasteiger partial charge on any atom is -0.310 e. The van der Waals surface area contributed by atoms with Crippen LogP contribution in [0, 0.1) is 0 Å². The van der Waals surface area contributed by atoms with Crippen LogP contribution in [0.5, 0.6) is 0 Å². The van der Waals surface area contributed by atoms with Gasteiger partial charge in [-0.2, -0.15) is 0 Å². The van der Waals surface area contributed by atoms with E-state index in [-0.39, 0.29) is 0 Å². The van der Waals surface area contributed by atoms with E-state index in [1.165, 1.54) is 77.4 Å². The molecule has 0 aliphatic heterocycles. The van der Waals surface area contributed by atoms with Gasteiger partial charge in [-0.25, -0.2) is 0 Å². The number of hydrogen-bond acceptors (Lipinski definition) is 1. The van der Waals surface area contributed by atoms with Gasteiger partial charge in [0.15, 0.2) is 0 Å². The van der Waals surface area contributed by atoms with Gasteiger partial charge in [0.1, 0.15) is 0 Å². The molecule has 11 aromatic carbocycles. The molecule has 0 N–H and O–H groups in total. The summed E-state index contributed by atoms with van der Waals surface area (Å²) in [6.07, 6.45) is 0. The van der Waals surface area contributed by atoms with Crippen LogP contribution in [0.15, 0.2) is 279 Å². The Kier molecular flexibility index (Phi) is 10.6. The second kappa shape index (κ2) is 17.8. The van der Waals surface area contributed by atoms with Crippen molar-refractivity contribution in [2.45, 2.75) is 0 Å². The first-order valence-corrected chi connectivity index (χ1v) is 23.3. The lowest BCUT2D eigenvalue weighted by molar-refractivity contribution is 1.18. The first-order chi connectivity index (χ1) is 33.7. The molecule has 12 rings (SSSR count). The van der Waals surface area contributed by atoms with Gasteiger partial charge in [0.2, 0.25) is 0 Å². The van der Waals surface area contributed by atoms with Gasteiger partial charge in [0.05, 0.1) is 16.7 Å². The van der Waals surface area contributed by atoms with Crippen molar-refractivity contribution in [1.29, 1.82) is 0 Å². The van der Waals surface area contributed by atoms with E-state index in [9.17, 15) is 0 Å². The van der Waals surface area contributed by atoms with Crippen molar-refractivity contribution < 1.29 is 0 Å². The Morgan fingerprint density at radius 2 is 0.618 bits per heavy atom. The molecule has 0 saturated heterocycles. The van der Waals surface area contributed by atoms with Gasteiger partial charge in [-0.15, -0.1) is 0 Å². The van der Waals surface area contributed by atoms with Gasteiger partial charge >= 0.3 is 0 Å². The van der Waals surface area contributed by atoms with Crippen LogP contribution in [0.3, 0.4) is 0 Å². The zero-order chi connectivity index (χ0) is 45.2. The summed E-state index contributed by atoms with van der Waals surface area (Å²) in [5.74, 6) is 0. The van der Waals surface area contributed by atoms with Crippen molar-refractivity contribution >= 4 is 38.9 Å². The van der Waals surface area contributed by atoms with Crippen LogP contribution in [0.25, 0.3) is 94.3 Å². The van der Waals surface area contributed by atoms with Crippen LogP contribution in [0.4, 0.5) is 17.1 Å². The molecule has 0 saturated carbocycles. The number of benzene rings is 11. The summed E-state index contributed by atoms with van der Waals surface area (Å²) < 4.78 is 2.37. The molecule has 0 amide bonds. The maximum absolute atomic E-state index is 2.41. The molecule has 1 heterocycles. The van der Waals surface area contributed by atoms with E-state index in [1.807, 2.05) is 0 Å². The number of rotatable bonds is 10. The molecule has 0 radical (unpaired) electrons. The average Bonchev–Trinajstić information content (AvgIpc) is 3.76. The third kappa shape index (κ3) is 7.54. The monoisotopic (exact) mass is 866 g/mol. The fourth-order valence-corrected chi connectivity index (χ4v) is 9.96. The summed E-state index contributed by atoms with van der Waals surface area (Å²) in [6.45, 7) is 0. The predicted molar refractivity (Wildman–Crippen MR) is 288 cm³/mol. The van der Waals surface area contributed by atoms with Crippen molar-refractivity contribution in [2.24, 2.45) is 0 Å². The molecule has 0 aliphatic carbocycles. The summed E-state index contributed by atoms with van der Waals surface area (Å²) in [5, 5.41) is 2.48. The molecule has 12 aromatic rings. The number of aromatic nitrogens is 1. The highest BCUT2D eigenvalue weighted by atomic mass is 15.1. The Bertz CT molecular complexity index is 3680. The van der Waals surface area contributed by atoms with Gasteiger partial charge in [-0.05, 0) is 122 Å². The summed E-state index contributed by atoms with van der Waals surface area (Å²) in [7, 11) is 0. The van der Waals surface area contributed by atoms with Gasteiger partial charge in [-0.3, -0.25) is 0 Å². The highest BCUT2D eigenvalue weighted by Gasteiger charge is 2.21. The fourth-order valence-electron chi connectivity index (χ4n) is 9.96. The molecular weight excluding hydrogens is 821 g/mol. The molecular formula is C66H46N2. The molecule has 0 spiro atoms. The summed E-state index contributed by atoms with van der Waals surface area (Å²) >= 11 is 0. The smallest absolute Gasteiger partial charge is 0.0541 e. The van der Waals surface area contributed by atoms with Gasteiger partial charge in [0.25, 0.3) is 0 Å². The highest BCUT2D eigenvalue weighted by Crippen LogP contribution is 2.46. The maximum Gasteiger partial charge on any atom is 0.0541 e. The molecule has 0 aliphatic rings. The van der Waals surface area contributed by atoms with Crippen LogP contribution in [-0.4, -0.2) is 4.57 Å². The topological polar surface area (TPSA) is 8.17 Å². The molecule has 1 aromatic heterocycles. The zero-order valence-corrected chi connectivity index (χ0v) is 37.5. The number of nitrogens with zero attached hydrogens (tertiary/aromatic N) is 2. The summed E-state index contributed by atoms with van der Waals surface area (Å²) in [4.78, 5) is 2.41. The van der Waals surface area contributed by atoms with Crippen LogP contribution in [0.1, 0.15) is 0 Å². The SMILES string of the molecule is c1ccc(-c2ccc(-c3ccc(N(c4ccc(-c5ccc6c(c5)c5ccccc5n6-c5ccccc5)cc4)c4ccccc4-c4ccccc4-c4ccccc4-c4ccccc4)cc3)cc2)cc1. The lowest BCUT2D eigenvalue weighted by atomic mass is 9.88. The van der Waals surface area contributed by atoms with Gasteiger partial charge < -0.3 is 9.47 Å². The van der Waals surface area contributed by atoms with Gasteiger partial charge in [0, 0.05) is 33.4 Å². The average molecular weight is 867 g/mol. The fraction of sp³-hybridized carbons (Fsp3) is 0. The number of anilines is 3. The van der Waals surface area contributed by atoms with Crippen molar-refractivity contribution in [3.8, 4) is 72.4 Å². The molecule has 2 heteroatoms. The minimum atomic E-state index is 1.07. The van der Waals surface area contributed by atoms with E-state index < -0.39 is 0 Å². The van der Waals surface area contributed by atoms with Crippen molar-refractivity contribution in [2.75, 3.05) is 4.90 Å². The summed E-state index contributed by atoms with van der Waals surface area (Å²) in [6, 6.07) is 101.